The lowest BCUT2D eigenvalue weighted by atomic mass is 9.73. The fraction of sp³-hybridized carbons (Fsp3) is 0.300. The molecule has 26 heavy (non-hydrogen) atoms. The minimum absolute atomic E-state index is 0.174. The monoisotopic (exact) mass is 364 g/mol. The van der Waals surface area contributed by atoms with E-state index in [1.54, 1.807) is 19.9 Å². The summed E-state index contributed by atoms with van der Waals surface area (Å²) in [5.74, 6) is -3.14. The molecule has 6 heteroatoms. The fourth-order valence-corrected chi connectivity index (χ4v) is 2.59. The Morgan fingerprint density at radius 2 is 1.42 bits per heavy atom. The molecular weight excluding hydrogens is 345 g/mol. The number of rotatable bonds is 6. The van der Waals surface area contributed by atoms with E-state index in [1.165, 1.54) is 42.5 Å². The SMILES string of the molecule is CC(C)COC(=O)C(C(=O)c1ccccc1)(c1ccccc1)C(F)(F)F. The van der Waals surface area contributed by atoms with E-state index in [4.69, 9.17) is 4.74 Å². The van der Waals surface area contributed by atoms with Crippen LogP contribution in [0.15, 0.2) is 60.7 Å². The molecule has 138 valence electrons. The summed E-state index contributed by atoms with van der Waals surface area (Å²) in [6.07, 6.45) is -5.17. The molecule has 0 fully saturated rings. The van der Waals surface area contributed by atoms with E-state index in [9.17, 15) is 22.8 Å². The molecule has 2 aromatic rings. The largest absolute Gasteiger partial charge is 0.464 e. The van der Waals surface area contributed by atoms with Crippen molar-refractivity contribution in [3.63, 3.8) is 0 Å². The zero-order valence-electron chi connectivity index (χ0n) is 14.4. The van der Waals surface area contributed by atoms with Crippen LogP contribution in [0.4, 0.5) is 13.2 Å². The summed E-state index contributed by atoms with van der Waals surface area (Å²) in [6, 6.07) is 13.4. The highest BCUT2D eigenvalue weighted by Crippen LogP contribution is 2.44. The second-order valence-electron chi connectivity index (χ2n) is 6.30. The van der Waals surface area contributed by atoms with Crippen LogP contribution in [0.25, 0.3) is 0 Å². The Labute approximate surface area is 149 Å². The first-order valence-electron chi connectivity index (χ1n) is 8.10. The zero-order valence-corrected chi connectivity index (χ0v) is 14.4. The van der Waals surface area contributed by atoms with Crippen LogP contribution in [0.1, 0.15) is 29.8 Å². The van der Waals surface area contributed by atoms with Gasteiger partial charge in [-0.05, 0) is 11.5 Å². The zero-order chi connectivity index (χ0) is 19.4. The van der Waals surface area contributed by atoms with Gasteiger partial charge in [0, 0.05) is 5.56 Å². The van der Waals surface area contributed by atoms with E-state index < -0.39 is 28.9 Å². The number of ether oxygens (including phenoxy) is 1. The lowest BCUT2D eigenvalue weighted by Gasteiger charge is -2.32. The summed E-state index contributed by atoms with van der Waals surface area (Å²) in [5.41, 5.74) is -4.09. The molecule has 2 rings (SSSR count). The quantitative estimate of drug-likeness (QED) is 0.428. The van der Waals surface area contributed by atoms with Gasteiger partial charge in [-0.1, -0.05) is 74.5 Å². The third-order valence-electron chi connectivity index (χ3n) is 3.86. The van der Waals surface area contributed by atoms with E-state index >= 15 is 0 Å². The van der Waals surface area contributed by atoms with Crippen LogP contribution in [-0.2, 0) is 14.9 Å². The van der Waals surface area contributed by atoms with Crippen molar-refractivity contribution in [3.8, 4) is 0 Å². The van der Waals surface area contributed by atoms with Crippen LogP contribution in [-0.4, -0.2) is 24.5 Å². The Hall–Kier alpha value is -2.63. The van der Waals surface area contributed by atoms with Gasteiger partial charge in [-0.2, -0.15) is 13.2 Å². The summed E-state index contributed by atoms with van der Waals surface area (Å²) >= 11 is 0. The Morgan fingerprint density at radius 1 is 0.923 bits per heavy atom. The smallest absolute Gasteiger partial charge is 0.416 e. The van der Waals surface area contributed by atoms with Gasteiger partial charge in [0.2, 0.25) is 5.41 Å². The fourth-order valence-electron chi connectivity index (χ4n) is 2.59. The van der Waals surface area contributed by atoms with Crippen molar-refractivity contribution in [2.45, 2.75) is 25.4 Å². The molecule has 0 bridgehead atoms. The highest BCUT2D eigenvalue weighted by molar-refractivity contribution is 6.18. The predicted molar refractivity (Wildman–Crippen MR) is 90.7 cm³/mol. The molecular formula is C20H19F3O3. The number of carbonyl (C=O) groups excluding carboxylic acids is 2. The van der Waals surface area contributed by atoms with Gasteiger partial charge in [-0.25, -0.2) is 0 Å². The number of esters is 1. The summed E-state index contributed by atoms with van der Waals surface area (Å²) in [7, 11) is 0. The molecule has 0 radical (unpaired) electrons. The molecule has 0 N–H and O–H groups in total. The van der Waals surface area contributed by atoms with E-state index in [-0.39, 0.29) is 18.1 Å². The van der Waals surface area contributed by atoms with Crippen molar-refractivity contribution in [2.24, 2.45) is 5.92 Å². The van der Waals surface area contributed by atoms with Gasteiger partial charge < -0.3 is 4.74 Å². The highest BCUT2D eigenvalue weighted by atomic mass is 19.4. The maximum absolute atomic E-state index is 14.3. The second kappa shape index (κ2) is 7.72. The van der Waals surface area contributed by atoms with Gasteiger partial charge in [-0.15, -0.1) is 0 Å². The first-order chi connectivity index (χ1) is 12.2. The molecule has 0 spiro atoms. The summed E-state index contributed by atoms with van der Waals surface area (Å²) in [4.78, 5) is 25.6. The maximum atomic E-state index is 14.3. The number of halogens is 3. The molecule has 3 nitrogen and oxygen atoms in total. The van der Waals surface area contributed by atoms with E-state index in [2.05, 4.69) is 0 Å². The number of hydrogen-bond donors (Lipinski definition) is 0. The number of alkyl halides is 3. The number of hydrogen-bond acceptors (Lipinski definition) is 3. The standard InChI is InChI=1S/C20H19F3O3/c1-14(2)13-26-18(25)19(20(21,22)23,16-11-7-4-8-12-16)17(24)15-9-5-3-6-10-15/h3-12,14H,13H2,1-2H3. The Balaban J connectivity index is 2.69. The topological polar surface area (TPSA) is 43.4 Å². The first kappa shape index (κ1) is 19.7. The number of carbonyl (C=O) groups is 2. The molecule has 0 amide bonds. The van der Waals surface area contributed by atoms with Crippen molar-refractivity contribution >= 4 is 11.8 Å². The average Bonchev–Trinajstić information content (AvgIpc) is 2.61. The van der Waals surface area contributed by atoms with Crippen LogP contribution in [0, 0.1) is 5.92 Å². The minimum Gasteiger partial charge on any atom is -0.464 e. The molecule has 0 aliphatic rings. The van der Waals surface area contributed by atoms with Gasteiger partial charge in [0.05, 0.1) is 6.61 Å². The average molecular weight is 364 g/mol. The molecule has 0 saturated carbocycles. The highest BCUT2D eigenvalue weighted by Gasteiger charge is 2.67. The number of benzene rings is 2. The number of ketones is 1. The van der Waals surface area contributed by atoms with Crippen LogP contribution in [0.5, 0.6) is 0 Å². The van der Waals surface area contributed by atoms with Crippen molar-refractivity contribution in [3.05, 3.63) is 71.8 Å². The molecule has 2 aromatic carbocycles. The second-order valence-corrected chi connectivity index (χ2v) is 6.30. The van der Waals surface area contributed by atoms with Crippen molar-refractivity contribution < 1.29 is 27.5 Å². The molecule has 0 aliphatic heterocycles. The Bertz CT molecular complexity index is 755. The third kappa shape index (κ3) is 3.64. The predicted octanol–water partition coefficient (Wildman–Crippen LogP) is 4.57. The van der Waals surface area contributed by atoms with Crippen molar-refractivity contribution in [1.82, 2.24) is 0 Å². The lowest BCUT2D eigenvalue weighted by molar-refractivity contribution is -0.198. The first-order valence-corrected chi connectivity index (χ1v) is 8.10. The molecule has 0 aliphatic carbocycles. The van der Waals surface area contributed by atoms with Gasteiger partial charge in [-0.3, -0.25) is 9.59 Å². The van der Waals surface area contributed by atoms with Gasteiger partial charge in [0.15, 0.2) is 5.78 Å². The minimum atomic E-state index is -5.17. The van der Waals surface area contributed by atoms with Gasteiger partial charge in [0.1, 0.15) is 0 Å². The van der Waals surface area contributed by atoms with E-state index in [0.717, 1.165) is 12.1 Å². The molecule has 0 heterocycles. The normalized spacial score (nSPS) is 13.9. The molecule has 0 aromatic heterocycles. The number of Topliss-reactive ketones (excluding diaryl/α,β-unsaturated/α-hetero) is 1. The van der Waals surface area contributed by atoms with Crippen molar-refractivity contribution in [2.75, 3.05) is 6.61 Å². The maximum Gasteiger partial charge on any atom is 0.416 e. The Kier molecular flexibility index (Phi) is 5.85. The van der Waals surface area contributed by atoms with E-state index in [0.29, 0.717) is 0 Å². The van der Waals surface area contributed by atoms with Gasteiger partial charge in [0.25, 0.3) is 0 Å². The van der Waals surface area contributed by atoms with Crippen molar-refractivity contribution in [1.29, 1.82) is 0 Å². The third-order valence-corrected chi connectivity index (χ3v) is 3.86. The molecule has 1 atom stereocenters. The summed E-state index contributed by atoms with van der Waals surface area (Å²) in [5, 5.41) is 0. The lowest BCUT2D eigenvalue weighted by Crippen LogP contribution is -2.56. The summed E-state index contributed by atoms with van der Waals surface area (Å²) < 4.78 is 47.7. The van der Waals surface area contributed by atoms with Crippen LogP contribution in [0.3, 0.4) is 0 Å². The van der Waals surface area contributed by atoms with Crippen LogP contribution >= 0.6 is 0 Å². The van der Waals surface area contributed by atoms with Crippen LogP contribution in [0.2, 0.25) is 0 Å². The molecule has 0 saturated heterocycles. The Morgan fingerprint density at radius 3 is 1.88 bits per heavy atom. The van der Waals surface area contributed by atoms with Crippen LogP contribution < -0.4 is 0 Å². The summed E-state index contributed by atoms with van der Waals surface area (Å²) in [6.45, 7) is 3.18. The molecule has 1 unspecified atom stereocenters. The van der Waals surface area contributed by atoms with Gasteiger partial charge >= 0.3 is 12.1 Å². The van der Waals surface area contributed by atoms with E-state index in [1.807, 2.05) is 0 Å².